The normalized spacial score (nSPS) is 25.9. The molecule has 0 saturated heterocycles. The van der Waals surface area contributed by atoms with Crippen LogP contribution in [0.5, 0.6) is 0 Å². The van der Waals surface area contributed by atoms with E-state index < -0.39 is 6.69 Å². The summed E-state index contributed by atoms with van der Waals surface area (Å²) >= 11 is 12.2. The molecule has 0 fully saturated rings. The van der Waals surface area contributed by atoms with Crippen molar-refractivity contribution in [2.24, 2.45) is 0 Å². The van der Waals surface area contributed by atoms with Gasteiger partial charge in [-0.25, -0.2) is 0 Å². The highest BCUT2D eigenvalue weighted by Crippen LogP contribution is 2.41. The van der Waals surface area contributed by atoms with E-state index >= 15 is 0 Å². The lowest BCUT2D eigenvalue weighted by Gasteiger charge is -2.27. The number of allylic oxidation sites excluding steroid dienone is 2. The van der Waals surface area contributed by atoms with E-state index in [4.69, 9.17) is 22.2 Å². The summed E-state index contributed by atoms with van der Waals surface area (Å²) < 4.78 is 0. The highest BCUT2D eigenvalue weighted by atomic mass is 35.7. The molecule has 0 amide bonds. The third-order valence-electron chi connectivity index (χ3n) is 1.77. The number of hydrogen-bond donors (Lipinski definition) is 0. The first kappa shape index (κ1) is 7.64. The van der Waals surface area contributed by atoms with Gasteiger partial charge in [0.15, 0.2) is 0 Å². The fourth-order valence-corrected chi connectivity index (χ4v) is 3.24. The van der Waals surface area contributed by atoms with Crippen molar-refractivity contribution in [3.05, 3.63) is 12.2 Å². The summed E-state index contributed by atoms with van der Waals surface area (Å²) in [5.41, 5.74) is 0.533. The second-order valence-electron chi connectivity index (χ2n) is 2.38. The fourth-order valence-electron chi connectivity index (χ4n) is 0.848. The Hall–Kier alpha value is 0.537. The standard InChI is InChI=1S/C6H10Cl2Si/c1-2-9(7,8)6-4-3-5-6/h3-4,6H,2,5H2,1H3. The van der Waals surface area contributed by atoms with Gasteiger partial charge in [-0.2, -0.15) is 0 Å². The fraction of sp³-hybridized carbons (Fsp3) is 0.667. The van der Waals surface area contributed by atoms with Gasteiger partial charge in [0, 0.05) is 5.54 Å². The highest BCUT2D eigenvalue weighted by Gasteiger charge is 2.36. The minimum atomic E-state index is -1.84. The molecule has 0 spiro atoms. The van der Waals surface area contributed by atoms with Crippen molar-refractivity contribution < 1.29 is 0 Å². The summed E-state index contributed by atoms with van der Waals surface area (Å²) in [6.07, 6.45) is 5.37. The Labute approximate surface area is 66.3 Å². The van der Waals surface area contributed by atoms with E-state index in [1.165, 1.54) is 0 Å². The van der Waals surface area contributed by atoms with E-state index in [0.29, 0.717) is 5.54 Å². The molecule has 0 aromatic rings. The quantitative estimate of drug-likeness (QED) is 0.348. The monoisotopic (exact) mass is 180 g/mol. The Morgan fingerprint density at radius 2 is 2.22 bits per heavy atom. The zero-order chi connectivity index (χ0) is 6.91. The van der Waals surface area contributed by atoms with Crippen LogP contribution in [0.1, 0.15) is 13.3 Å². The van der Waals surface area contributed by atoms with Crippen molar-refractivity contribution in [3.63, 3.8) is 0 Å². The average molecular weight is 181 g/mol. The van der Waals surface area contributed by atoms with Crippen molar-refractivity contribution in [1.82, 2.24) is 0 Å². The molecule has 0 N–H and O–H groups in total. The predicted octanol–water partition coefficient (Wildman–Crippen LogP) is 3.26. The lowest BCUT2D eigenvalue weighted by atomic mass is 10.1. The molecule has 52 valence electrons. The zero-order valence-corrected chi connectivity index (χ0v) is 7.91. The van der Waals surface area contributed by atoms with Crippen LogP contribution in [0.2, 0.25) is 11.6 Å². The Balaban J connectivity index is 2.48. The molecule has 0 saturated carbocycles. The van der Waals surface area contributed by atoms with Crippen LogP contribution >= 0.6 is 22.2 Å². The Bertz CT molecular complexity index is 131. The zero-order valence-electron chi connectivity index (χ0n) is 5.40. The van der Waals surface area contributed by atoms with Crippen molar-refractivity contribution in [3.8, 4) is 0 Å². The Morgan fingerprint density at radius 3 is 2.33 bits per heavy atom. The Kier molecular flexibility index (Phi) is 2.25. The molecule has 1 unspecified atom stereocenters. The first-order valence-electron chi connectivity index (χ1n) is 3.21. The van der Waals surface area contributed by atoms with Crippen molar-refractivity contribution in [2.45, 2.75) is 24.9 Å². The third-order valence-corrected chi connectivity index (χ3v) is 7.51. The van der Waals surface area contributed by atoms with Gasteiger partial charge in [-0.1, -0.05) is 19.1 Å². The van der Waals surface area contributed by atoms with Crippen molar-refractivity contribution in [1.29, 1.82) is 0 Å². The summed E-state index contributed by atoms with van der Waals surface area (Å²) in [7, 11) is 0. The molecule has 1 rings (SSSR count). The van der Waals surface area contributed by atoms with Crippen molar-refractivity contribution >= 4 is 28.9 Å². The van der Waals surface area contributed by atoms with Gasteiger partial charge < -0.3 is 0 Å². The first-order chi connectivity index (χ1) is 4.17. The van der Waals surface area contributed by atoms with Crippen LogP contribution in [0.25, 0.3) is 0 Å². The van der Waals surface area contributed by atoms with Crippen LogP contribution in [0, 0.1) is 0 Å². The molecule has 0 aliphatic heterocycles. The Morgan fingerprint density at radius 1 is 1.67 bits per heavy atom. The van der Waals surface area contributed by atoms with E-state index in [2.05, 4.69) is 19.1 Å². The lowest BCUT2D eigenvalue weighted by Crippen LogP contribution is -2.27. The van der Waals surface area contributed by atoms with Gasteiger partial charge in [-0.3, -0.25) is 0 Å². The van der Waals surface area contributed by atoms with Crippen LogP contribution in [0.15, 0.2) is 12.2 Å². The van der Waals surface area contributed by atoms with Gasteiger partial charge in [0.2, 0.25) is 0 Å². The molecule has 0 nitrogen and oxygen atoms in total. The molecular formula is C6H10Cl2Si. The average Bonchev–Trinajstić information content (AvgIpc) is 1.60. The molecule has 1 aliphatic carbocycles. The molecule has 1 atom stereocenters. The van der Waals surface area contributed by atoms with E-state index in [-0.39, 0.29) is 0 Å². The summed E-state index contributed by atoms with van der Waals surface area (Å²) in [6.45, 7) is 0.232. The lowest BCUT2D eigenvalue weighted by molar-refractivity contribution is 0.925. The van der Waals surface area contributed by atoms with Crippen molar-refractivity contribution in [2.75, 3.05) is 0 Å². The van der Waals surface area contributed by atoms with E-state index in [0.717, 1.165) is 12.5 Å². The molecule has 3 heteroatoms. The molecule has 9 heavy (non-hydrogen) atoms. The van der Waals surface area contributed by atoms with E-state index in [1.54, 1.807) is 0 Å². The second kappa shape index (κ2) is 2.65. The van der Waals surface area contributed by atoms with Gasteiger partial charge in [0.05, 0.1) is 0 Å². The topological polar surface area (TPSA) is 0 Å². The van der Waals surface area contributed by atoms with Gasteiger partial charge in [-0.05, 0) is 12.5 Å². The third kappa shape index (κ3) is 1.51. The molecule has 1 aliphatic rings. The molecule has 0 aromatic carbocycles. The largest absolute Gasteiger partial charge is 0.257 e. The minimum absolute atomic E-state index is 0.533. The summed E-state index contributed by atoms with van der Waals surface area (Å²) in [6, 6.07) is 0.963. The van der Waals surface area contributed by atoms with Gasteiger partial charge in [-0.15, -0.1) is 22.2 Å². The van der Waals surface area contributed by atoms with Gasteiger partial charge in [0.25, 0.3) is 6.69 Å². The SMILES string of the molecule is CC[Si](Cl)(Cl)C1C=CC1. The van der Waals surface area contributed by atoms with Crippen LogP contribution < -0.4 is 0 Å². The molecule has 0 bridgehead atoms. The smallest absolute Gasteiger partial charge is 0.145 e. The first-order valence-corrected chi connectivity index (χ1v) is 7.52. The maximum absolute atomic E-state index is 6.08. The van der Waals surface area contributed by atoms with Crippen LogP contribution in [-0.4, -0.2) is 6.69 Å². The van der Waals surface area contributed by atoms with Gasteiger partial charge >= 0.3 is 0 Å². The molecule has 0 aromatic heterocycles. The number of rotatable bonds is 2. The number of hydrogen-bond acceptors (Lipinski definition) is 0. The predicted molar refractivity (Wildman–Crippen MR) is 45.4 cm³/mol. The number of halogens is 2. The molecule has 0 heterocycles. The summed E-state index contributed by atoms with van der Waals surface area (Å²) in [5, 5.41) is 0. The summed E-state index contributed by atoms with van der Waals surface area (Å²) in [5.74, 6) is 0. The van der Waals surface area contributed by atoms with Crippen LogP contribution in [-0.2, 0) is 0 Å². The van der Waals surface area contributed by atoms with E-state index in [1.807, 2.05) is 0 Å². The highest BCUT2D eigenvalue weighted by molar-refractivity contribution is 7.46. The van der Waals surface area contributed by atoms with Gasteiger partial charge in [0.1, 0.15) is 0 Å². The second-order valence-corrected chi connectivity index (χ2v) is 9.98. The van der Waals surface area contributed by atoms with Crippen LogP contribution in [0.3, 0.4) is 0 Å². The minimum Gasteiger partial charge on any atom is -0.145 e. The van der Waals surface area contributed by atoms with E-state index in [9.17, 15) is 0 Å². The molecular weight excluding hydrogens is 171 g/mol. The van der Waals surface area contributed by atoms with Crippen LogP contribution in [0.4, 0.5) is 0 Å². The molecule has 0 radical (unpaired) electrons. The summed E-state index contributed by atoms with van der Waals surface area (Å²) in [4.78, 5) is 0. The maximum Gasteiger partial charge on any atom is 0.257 e. The maximum atomic E-state index is 6.08.